The number of oxime groups is 1. The lowest BCUT2D eigenvalue weighted by Gasteiger charge is -2.34. The number of methoxy groups -OCH3 is 1. The van der Waals surface area contributed by atoms with Crippen molar-refractivity contribution in [2.24, 2.45) is 11.1 Å². The van der Waals surface area contributed by atoms with E-state index in [2.05, 4.69) is 11.7 Å². The zero-order valence-corrected chi connectivity index (χ0v) is 16.6. The van der Waals surface area contributed by atoms with Crippen LogP contribution in [0.3, 0.4) is 0 Å². The smallest absolute Gasteiger partial charge is 0.271 e. The number of hydrogen-bond acceptors (Lipinski definition) is 6. The van der Waals surface area contributed by atoms with Crippen molar-refractivity contribution in [3.63, 3.8) is 0 Å². The Morgan fingerprint density at radius 1 is 1.37 bits per heavy atom. The molecular weight excluding hydrogens is 346 g/mol. The number of hydrogen-bond donors (Lipinski definition) is 0. The van der Waals surface area contributed by atoms with Crippen LogP contribution in [0, 0.1) is 5.92 Å². The Hall–Kier alpha value is -2.54. The van der Waals surface area contributed by atoms with Crippen LogP contribution in [0.1, 0.15) is 18.9 Å². The molecule has 7 heteroatoms. The molecule has 0 aromatic heterocycles. The summed E-state index contributed by atoms with van der Waals surface area (Å²) in [6, 6.07) is 7.91. The minimum absolute atomic E-state index is 0.106. The highest BCUT2D eigenvalue weighted by Crippen LogP contribution is 2.26. The molecule has 1 aliphatic heterocycles. The van der Waals surface area contributed by atoms with Gasteiger partial charge < -0.3 is 24.1 Å². The number of para-hydroxylation sites is 1. The van der Waals surface area contributed by atoms with E-state index in [0.717, 1.165) is 11.3 Å². The summed E-state index contributed by atoms with van der Waals surface area (Å²) in [4.78, 5) is 21.4. The van der Waals surface area contributed by atoms with Crippen LogP contribution in [0.15, 0.2) is 41.9 Å². The highest BCUT2D eigenvalue weighted by Gasteiger charge is 2.32. The number of carbonyl (C=O) groups excluding carboxylic acids is 1. The van der Waals surface area contributed by atoms with Crippen molar-refractivity contribution in [1.29, 1.82) is 0 Å². The second-order valence-corrected chi connectivity index (χ2v) is 6.45. The number of amides is 1. The van der Waals surface area contributed by atoms with Gasteiger partial charge in [0.2, 0.25) is 0 Å². The molecule has 1 saturated heterocycles. The van der Waals surface area contributed by atoms with E-state index in [1.807, 2.05) is 43.1 Å². The fourth-order valence-electron chi connectivity index (χ4n) is 3.25. The number of benzene rings is 1. The lowest BCUT2D eigenvalue weighted by atomic mass is 9.96. The van der Waals surface area contributed by atoms with Gasteiger partial charge in [-0.05, 0) is 25.1 Å². The Bertz CT molecular complexity index is 690. The summed E-state index contributed by atoms with van der Waals surface area (Å²) >= 11 is 0. The third-order valence-electron chi connectivity index (χ3n) is 4.50. The van der Waals surface area contributed by atoms with Crippen molar-refractivity contribution >= 4 is 17.3 Å². The molecule has 0 spiro atoms. The molecule has 0 N–H and O–H groups in total. The average Bonchev–Trinajstić information content (AvgIpc) is 2.66. The van der Waals surface area contributed by atoms with Gasteiger partial charge in [-0.15, -0.1) is 0 Å². The average molecular weight is 375 g/mol. The van der Waals surface area contributed by atoms with E-state index in [1.54, 1.807) is 12.0 Å². The van der Waals surface area contributed by atoms with E-state index in [0.29, 0.717) is 44.3 Å². The largest absolute Gasteiger partial charge is 0.480 e. The molecule has 0 radical (unpaired) electrons. The molecule has 1 aliphatic rings. The summed E-state index contributed by atoms with van der Waals surface area (Å²) in [5.74, 6) is 0.643. The number of rotatable bonds is 9. The first-order chi connectivity index (χ1) is 13.0. The van der Waals surface area contributed by atoms with Gasteiger partial charge in [0.1, 0.15) is 12.8 Å². The van der Waals surface area contributed by atoms with Gasteiger partial charge in [-0.3, -0.25) is 4.79 Å². The summed E-state index contributed by atoms with van der Waals surface area (Å²) in [6.07, 6.45) is 0.555. The van der Waals surface area contributed by atoms with Gasteiger partial charge >= 0.3 is 0 Å². The number of nitrogens with zero attached hydrogens (tertiary/aromatic N) is 3. The molecule has 0 saturated carbocycles. The first-order valence-corrected chi connectivity index (χ1v) is 9.03. The van der Waals surface area contributed by atoms with E-state index in [9.17, 15) is 4.79 Å². The van der Waals surface area contributed by atoms with Crippen molar-refractivity contribution in [1.82, 2.24) is 4.90 Å². The van der Waals surface area contributed by atoms with Crippen LogP contribution in [-0.4, -0.2) is 57.5 Å². The van der Waals surface area contributed by atoms with Gasteiger partial charge in [0, 0.05) is 45.3 Å². The zero-order valence-electron chi connectivity index (χ0n) is 16.6. The topological polar surface area (TPSA) is 63.6 Å². The first-order valence-electron chi connectivity index (χ1n) is 9.03. The maximum Gasteiger partial charge on any atom is 0.271 e. The summed E-state index contributed by atoms with van der Waals surface area (Å²) < 4.78 is 10.8. The van der Waals surface area contributed by atoms with Gasteiger partial charge in [0.25, 0.3) is 5.91 Å². The molecule has 1 aromatic carbocycles. The van der Waals surface area contributed by atoms with Crippen molar-refractivity contribution in [2.45, 2.75) is 19.9 Å². The molecule has 1 amide bonds. The molecule has 1 atom stereocenters. The van der Waals surface area contributed by atoms with Gasteiger partial charge in [-0.25, -0.2) is 0 Å². The molecule has 27 heavy (non-hydrogen) atoms. The number of carbonyl (C=O) groups is 1. The number of ether oxygens (including phenoxy) is 2. The van der Waals surface area contributed by atoms with Gasteiger partial charge in [-0.1, -0.05) is 23.4 Å². The molecular formula is C20H29N3O4. The number of anilines is 1. The molecule has 148 valence electrons. The monoisotopic (exact) mass is 375 g/mol. The van der Waals surface area contributed by atoms with E-state index in [1.165, 1.54) is 7.11 Å². The van der Waals surface area contributed by atoms with Crippen LogP contribution in [0.4, 0.5) is 5.69 Å². The zero-order chi connectivity index (χ0) is 19.8. The Kier molecular flexibility index (Phi) is 7.67. The number of likely N-dealkylation sites (tertiary alicyclic amines) is 1. The summed E-state index contributed by atoms with van der Waals surface area (Å²) in [6.45, 7) is 8.07. The summed E-state index contributed by atoms with van der Waals surface area (Å²) in [5, 5.41) is 3.92. The van der Waals surface area contributed by atoms with Crippen LogP contribution >= 0.6 is 0 Å². The van der Waals surface area contributed by atoms with Crippen molar-refractivity contribution in [2.75, 3.05) is 45.9 Å². The number of piperidine rings is 1. The Labute approximate surface area is 161 Å². The van der Waals surface area contributed by atoms with E-state index >= 15 is 0 Å². The maximum absolute atomic E-state index is 12.8. The predicted octanol–water partition coefficient (Wildman–Crippen LogP) is 2.63. The normalized spacial score (nSPS) is 18.5. The third kappa shape index (κ3) is 5.23. The molecule has 2 rings (SSSR count). The molecule has 0 bridgehead atoms. The van der Waals surface area contributed by atoms with Gasteiger partial charge in [0.05, 0.1) is 13.2 Å². The quantitative estimate of drug-likeness (QED) is 0.490. The van der Waals surface area contributed by atoms with E-state index in [4.69, 9.17) is 14.3 Å². The van der Waals surface area contributed by atoms with Crippen LogP contribution in [0.2, 0.25) is 0 Å². The predicted molar refractivity (Wildman–Crippen MR) is 105 cm³/mol. The molecule has 0 aliphatic carbocycles. The maximum atomic E-state index is 12.8. The van der Waals surface area contributed by atoms with Gasteiger partial charge in [0.15, 0.2) is 5.88 Å². The standard InChI is InChI=1S/C20H29N3O4/c1-6-27-15(2)22(3)19-10-8-7-9-17(19)13-23-12-16(14-25-4)11-18(20(23)24)21-26-5/h7-10,16H,2,6,11-14H2,1,3-5H3/b21-18+. The minimum Gasteiger partial charge on any atom is -0.480 e. The van der Waals surface area contributed by atoms with Crippen molar-refractivity contribution in [3.05, 3.63) is 42.3 Å². The summed E-state index contributed by atoms with van der Waals surface area (Å²) in [5.41, 5.74) is 2.38. The highest BCUT2D eigenvalue weighted by molar-refractivity contribution is 6.39. The van der Waals surface area contributed by atoms with Crippen molar-refractivity contribution < 1.29 is 19.1 Å². The lowest BCUT2D eigenvalue weighted by molar-refractivity contribution is -0.127. The molecule has 7 nitrogen and oxygen atoms in total. The molecule has 1 unspecified atom stereocenters. The van der Waals surface area contributed by atoms with Crippen LogP contribution in [0.5, 0.6) is 0 Å². The van der Waals surface area contributed by atoms with E-state index < -0.39 is 0 Å². The second kappa shape index (κ2) is 9.97. The van der Waals surface area contributed by atoms with Crippen LogP contribution in [-0.2, 0) is 25.7 Å². The summed E-state index contributed by atoms with van der Waals surface area (Å²) in [7, 11) is 5.02. The Balaban J connectivity index is 2.25. The fourth-order valence-corrected chi connectivity index (χ4v) is 3.25. The third-order valence-corrected chi connectivity index (χ3v) is 4.50. The molecule has 1 aromatic rings. The highest BCUT2D eigenvalue weighted by atomic mass is 16.6. The Morgan fingerprint density at radius 2 is 2.11 bits per heavy atom. The lowest BCUT2D eigenvalue weighted by Crippen LogP contribution is -2.46. The van der Waals surface area contributed by atoms with E-state index in [-0.39, 0.29) is 11.8 Å². The van der Waals surface area contributed by atoms with Gasteiger partial charge in [-0.2, -0.15) is 0 Å². The van der Waals surface area contributed by atoms with Crippen molar-refractivity contribution in [3.8, 4) is 0 Å². The molecule has 1 heterocycles. The minimum atomic E-state index is -0.106. The van der Waals surface area contributed by atoms with Crippen LogP contribution < -0.4 is 4.90 Å². The Morgan fingerprint density at radius 3 is 2.78 bits per heavy atom. The SMILES string of the molecule is C=C(OCC)N(C)c1ccccc1CN1CC(COC)C/C(=N\OC)C1=O. The molecule has 1 fully saturated rings. The fraction of sp³-hybridized carbons (Fsp3) is 0.500. The second-order valence-electron chi connectivity index (χ2n) is 6.45. The first kappa shape index (κ1) is 20.8. The van der Waals surface area contributed by atoms with Crippen LogP contribution in [0.25, 0.3) is 0 Å².